The molecule has 0 bridgehead atoms. The largest absolute Gasteiger partial charge is 0.356 e. The van der Waals surface area contributed by atoms with E-state index in [4.69, 9.17) is 4.99 Å². The van der Waals surface area contributed by atoms with E-state index in [1.54, 1.807) is 0 Å². The topological polar surface area (TPSA) is 79.6 Å². The van der Waals surface area contributed by atoms with Gasteiger partial charge < -0.3 is 14.8 Å². The van der Waals surface area contributed by atoms with Gasteiger partial charge in [0.15, 0.2) is 15.8 Å². The number of hydrogen-bond acceptors (Lipinski definition) is 4. The summed E-state index contributed by atoms with van der Waals surface area (Å²) >= 11 is 0. The van der Waals surface area contributed by atoms with Crippen molar-refractivity contribution in [3.05, 3.63) is 30.9 Å². The minimum absolute atomic E-state index is 0. The van der Waals surface area contributed by atoms with Crippen molar-refractivity contribution in [3.63, 3.8) is 0 Å². The van der Waals surface area contributed by atoms with E-state index in [2.05, 4.69) is 33.3 Å². The van der Waals surface area contributed by atoms with Crippen molar-refractivity contribution in [2.45, 2.75) is 32.7 Å². The number of aromatic nitrogens is 2. The van der Waals surface area contributed by atoms with Crippen molar-refractivity contribution < 1.29 is 8.42 Å². The second-order valence-corrected chi connectivity index (χ2v) is 10.3. The number of imidazole rings is 1. The minimum atomic E-state index is -2.86. The zero-order valence-electron chi connectivity index (χ0n) is 16.7. The lowest BCUT2D eigenvalue weighted by molar-refractivity contribution is 0.188. The van der Waals surface area contributed by atoms with Crippen molar-refractivity contribution in [1.29, 1.82) is 0 Å². The van der Waals surface area contributed by atoms with Crippen LogP contribution in [0.15, 0.2) is 35.9 Å². The van der Waals surface area contributed by atoms with Crippen LogP contribution in [0.4, 0.5) is 0 Å². The van der Waals surface area contributed by atoms with Crippen LogP contribution in [0.25, 0.3) is 0 Å². The lowest BCUT2D eigenvalue weighted by atomic mass is 9.93. The highest BCUT2D eigenvalue weighted by Crippen LogP contribution is 2.27. The molecule has 2 fully saturated rings. The Morgan fingerprint density at radius 1 is 1.39 bits per heavy atom. The summed E-state index contributed by atoms with van der Waals surface area (Å²) in [5.41, 5.74) is 1.01. The molecule has 3 rings (SSSR count). The average molecular weight is 521 g/mol. The van der Waals surface area contributed by atoms with Crippen molar-refractivity contribution in [2.24, 2.45) is 16.8 Å². The van der Waals surface area contributed by atoms with Gasteiger partial charge in [-0.05, 0) is 31.6 Å². The number of rotatable bonds is 5. The molecule has 3 unspecified atom stereocenters. The van der Waals surface area contributed by atoms with Crippen LogP contribution in [0.5, 0.6) is 0 Å². The number of nitrogens with zero attached hydrogens (tertiary/aromatic N) is 4. The number of guanidine groups is 1. The fourth-order valence-electron chi connectivity index (χ4n) is 3.84. The highest BCUT2D eigenvalue weighted by Gasteiger charge is 2.31. The summed E-state index contributed by atoms with van der Waals surface area (Å²) in [6, 6.07) is 0.352. The first-order valence-electron chi connectivity index (χ1n) is 9.69. The van der Waals surface area contributed by atoms with Gasteiger partial charge in [-0.15, -0.1) is 24.0 Å². The number of sulfone groups is 1. The van der Waals surface area contributed by atoms with Crippen LogP contribution in [-0.4, -0.2) is 66.5 Å². The third kappa shape index (κ3) is 6.20. The van der Waals surface area contributed by atoms with E-state index in [-0.39, 0.29) is 35.6 Å². The second kappa shape index (κ2) is 10.1. The Balaban J connectivity index is 0.00000280. The van der Waals surface area contributed by atoms with E-state index in [1.807, 2.05) is 25.6 Å². The number of hydrogen-bond donors (Lipinski definition) is 1. The predicted molar refractivity (Wildman–Crippen MR) is 124 cm³/mol. The molecule has 1 aromatic rings. The van der Waals surface area contributed by atoms with Gasteiger partial charge in [-0.1, -0.05) is 19.1 Å². The first kappa shape index (κ1) is 23.2. The Hall–Kier alpha value is -1.10. The molecule has 0 saturated carbocycles. The Kier molecular flexibility index (Phi) is 8.35. The van der Waals surface area contributed by atoms with Gasteiger partial charge in [-0.25, -0.2) is 18.4 Å². The Morgan fingerprint density at radius 2 is 2.18 bits per heavy atom. The van der Waals surface area contributed by atoms with Gasteiger partial charge in [0.2, 0.25) is 0 Å². The first-order chi connectivity index (χ1) is 12.8. The molecule has 3 heterocycles. The fourth-order valence-corrected chi connectivity index (χ4v) is 5.70. The molecule has 0 radical (unpaired) electrons. The molecule has 0 aliphatic carbocycles. The number of piperidine rings is 1. The summed E-state index contributed by atoms with van der Waals surface area (Å²) < 4.78 is 25.6. The van der Waals surface area contributed by atoms with E-state index in [0.29, 0.717) is 30.8 Å². The number of likely N-dealkylation sites (tertiary alicyclic amines) is 1. The van der Waals surface area contributed by atoms with Crippen LogP contribution in [0.1, 0.15) is 32.7 Å². The molecule has 3 atom stereocenters. The number of nitrogens with one attached hydrogen (secondary N) is 1. The molecular formula is C19H32IN5O2S. The molecule has 2 aliphatic heterocycles. The van der Waals surface area contributed by atoms with E-state index < -0.39 is 9.84 Å². The average Bonchev–Trinajstić information content (AvgIpc) is 3.25. The molecular weight excluding hydrogens is 489 g/mol. The smallest absolute Gasteiger partial charge is 0.194 e. The number of halogens is 1. The summed E-state index contributed by atoms with van der Waals surface area (Å²) in [7, 11) is -2.86. The first-order valence-corrected chi connectivity index (χ1v) is 11.5. The van der Waals surface area contributed by atoms with Crippen LogP contribution in [-0.2, 0) is 9.84 Å². The summed E-state index contributed by atoms with van der Waals surface area (Å²) in [6.45, 7) is 11.2. The van der Waals surface area contributed by atoms with Gasteiger partial charge in [0.1, 0.15) is 0 Å². The summed E-state index contributed by atoms with van der Waals surface area (Å²) in [6.07, 6.45) is 7.53. The summed E-state index contributed by atoms with van der Waals surface area (Å²) in [4.78, 5) is 11.2. The highest BCUT2D eigenvalue weighted by atomic mass is 127. The molecule has 1 N–H and O–H groups in total. The molecule has 1 aromatic heterocycles. The van der Waals surface area contributed by atoms with Crippen molar-refractivity contribution in [1.82, 2.24) is 19.8 Å². The molecule has 0 spiro atoms. The lowest BCUT2D eigenvalue weighted by Gasteiger charge is -2.39. The predicted octanol–water partition coefficient (Wildman–Crippen LogP) is 2.34. The van der Waals surface area contributed by atoms with Gasteiger partial charge >= 0.3 is 0 Å². The molecule has 7 nitrogen and oxygen atoms in total. The fraction of sp³-hybridized carbons (Fsp3) is 0.684. The second-order valence-electron chi connectivity index (χ2n) is 8.04. The van der Waals surface area contributed by atoms with Gasteiger partial charge in [0.05, 0.1) is 30.4 Å². The molecule has 158 valence electrons. The third-order valence-corrected chi connectivity index (χ3v) is 7.34. The van der Waals surface area contributed by atoms with E-state index in [0.717, 1.165) is 37.5 Å². The standard InChI is InChI=1S/C19H31N5O2S.HI/c1-15(2)10-21-19(22-11-17-5-9-27(25,26)13-17)23-7-4-16(3)18(12-23)24-8-6-20-14-24;/h6,8,14,16-18H,1,4-5,7,9-13H2,2-3H3,(H,21,22);1H. The molecule has 2 aliphatic rings. The van der Waals surface area contributed by atoms with Crippen molar-refractivity contribution >= 4 is 39.8 Å². The maximum absolute atomic E-state index is 11.7. The Morgan fingerprint density at radius 3 is 2.79 bits per heavy atom. The Labute approximate surface area is 185 Å². The van der Waals surface area contributed by atoms with Gasteiger partial charge in [-0.3, -0.25) is 0 Å². The highest BCUT2D eigenvalue weighted by molar-refractivity contribution is 14.0. The lowest BCUT2D eigenvalue weighted by Crippen LogP contribution is -2.50. The molecule has 28 heavy (non-hydrogen) atoms. The monoisotopic (exact) mass is 521 g/mol. The van der Waals surface area contributed by atoms with Crippen LogP contribution in [0.2, 0.25) is 0 Å². The van der Waals surface area contributed by atoms with Crippen LogP contribution >= 0.6 is 24.0 Å². The van der Waals surface area contributed by atoms with Crippen molar-refractivity contribution in [3.8, 4) is 0 Å². The molecule has 0 amide bonds. The maximum Gasteiger partial charge on any atom is 0.194 e. The minimum Gasteiger partial charge on any atom is -0.356 e. The maximum atomic E-state index is 11.7. The zero-order chi connectivity index (χ0) is 19.4. The van der Waals surface area contributed by atoms with Gasteiger partial charge in [0, 0.05) is 32.0 Å². The van der Waals surface area contributed by atoms with E-state index in [1.165, 1.54) is 0 Å². The Bertz CT molecular complexity index is 778. The SMILES string of the molecule is C=C(C)CN=C(NCC1CCS(=O)(=O)C1)N1CCC(C)C(n2ccnc2)C1.I. The van der Waals surface area contributed by atoms with E-state index >= 15 is 0 Å². The third-order valence-electron chi connectivity index (χ3n) is 5.50. The quantitative estimate of drug-likeness (QED) is 0.279. The molecule has 9 heteroatoms. The normalized spacial score (nSPS) is 27.3. The van der Waals surface area contributed by atoms with Gasteiger partial charge in [0.25, 0.3) is 0 Å². The van der Waals surface area contributed by atoms with E-state index in [9.17, 15) is 8.42 Å². The number of aliphatic imine (C=N–C) groups is 1. The zero-order valence-corrected chi connectivity index (χ0v) is 19.9. The molecule has 2 saturated heterocycles. The summed E-state index contributed by atoms with van der Waals surface area (Å²) in [5, 5.41) is 3.45. The van der Waals surface area contributed by atoms with Crippen molar-refractivity contribution in [2.75, 3.05) is 37.7 Å². The van der Waals surface area contributed by atoms with Crippen LogP contribution in [0, 0.1) is 11.8 Å². The molecule has 0 aromatic carbocycles. The van der Waals surface area contributed by atoms with Crippen LogP contribution in [0.3, 0.4) is 0 Å². The van der Waals surface area contributed by atoms with Gasteiger partial charge in [-0.2, -0.15) is 0 Å². The van der Waals surface area contributed by atoms with Crippen LogP contribution < -0.4 is 5.32 Å². The summed E-state index contributed by atoms with van der Waals surface area (Å²) in [5.74, 6) is 2.18.